The summed E-state index contributed by atoms with van der Waals surface area (Å²) in [5.41, 5.74) is 2.71. The van der Waals surface area contributed by atoms with Crippen LogP contribution in [0.4, 0.5) is 0 Å². The SMILES string of the molecule is C=C/C=C(\C(=C)C)N1CCN(S(=O)(=O)CCCC)CC1.CC1CCC1(C)C.NO. The number of sulfonamides is 1. The third kappa shape index (κ3) is 9.03. The minimum Gasteiger partial charge on any atom is -0.369 e. The van der Waals surface area contributed by atoms with Gasteiger partial charge < -0.3 is 10.1 Å². The molecule has 0 aromatic rings. The minimum atomic E-state index is -3.08. The minimum absolute atomic E-state index is 0.263. The predicted octanol–water partition coefficient (Wildman–Crippen LogP) is 4.16. The molecule has 0 bridgehead atoms. The zero-order valence-corrected chi connectivity index (χ0v) is 20.0. The summed E-state index contributed by atoms with van der Waals surface area (Å²) in [5.74, 6) is 4.74. The molecule has 1 aliphatic carbocycles. The summed E-state index contributed by atoms with van der Waals surface area (Å²) in [6, 6.07) is 0. The van der Waals surface area contributed by atoms with Crippen molar-refractivity contribution in [2.75, 3.05) is 31.9 Å². The summed E-state index contributed by atoms with van der Waals surface area (Å²) in [5, 5.41) is 6.50. The van der Waals surface area contributed by atoms with Crippen LogP contribution < -0.4 is 5.90 Å². The van der Waals surface area contributed by atoms with Crippen LogP contribution in [-0.2, 0) is 10.0 Å². The quantitative estimate of drug-likeness (QED) is 0.469. The van der Waals surface area contributed by atoms with Gasteiger partial charge in [0.15, 0.2) is 0 Å². The zero-order valence-electron chi connectivity index (χ0n) is 19.2. The predicted molar refractivity (Wildman–Crippen MR) is 123 cm³/mol. The second-order valence-corrected chi connectivity index (χ2v) is 10.6. The Kier molecular flexibility index (Phi) is 12.7. The summed E-state index contributed by atoms with van der Waals surface area (Å²) >= 11 is 0. The molecule has 3 N–H and O–H groups in total. The lowest BCUT2D eigenvalue weighted by atomic mass is 9.64. The summed E-state index contributed by atoms with van der Waals surface area (Å²) in [6.45, 7) is 21.2. The second-order valence-electron chi connectivity index (χ2n) is 8.55. The highest BCUT2D eigenvalue weighted by Gasteiger charge is 2.34. The van der Waals surface area contributed by atoms with Gasteiger partial charge in [-0.25, -0.2) is 14.3 Å². The van der Waals surface area contributed by atoms with Gasteiger partial charge >= 0.3 is 0 Å². The number of piperazine rings is 1. The van der Waals surface area contributed by atoms with E-state index in [1.165, 1.54) is 12.8 Å². The number of rotatable bonds is 7. The summed E-state index contributed by atoms with van der Waals surface area (Å²) < 4.78 is 25.9. The Labute approximate surface area is 179 Å². The van der Waals surface area contributed by atoms with Gasteiger partial charge in [-0.05, 0) is 49.2 Å². The maximum atomic E-state index is 12.1. The van der Waals surface area contributed by atoms with E-state index in [1.54, 1.807) is 10.4 Å². The molecule has 0 aromatic carbocycles. The first-order chi connectivity index (χ1) is 13.5. The molecule has 1 aliphatic heterocycles. The average molecular weight is 430 g/mol. The molecule has 2 rings (SSSR count). The molecule has 1 saturated heterocycles. The molecule has 7 heteroatoms. The number of unbranched alkanes of at least 4 members (excludes halogenated alkanes) is 1. The van der Waals surface area contributed by atoms with Crippen LogP contribution in [-0.4, -0.2) is 54.8 Å². The smallest absolute Gasteiger partial charge is 0.214 e. The molecule has 1 unspecified atom stereocenters. The lowest BCUT2D eigenvalue weighted by Crippen LogP contribution is -2.48. The van der Waals surface area contributed by atoms with Gasteiger partial charge in [-0.15, -0.1) is 0 Å². The molecule has 29 heavy (non-hydrogen) atoms. The highest BCUT2D eigenvalue weighted by atomic mass is 32.2. The van der Waals surface area contributed by atoms with Crippen LogP contribution in [0.3, 0.4) is 0 Å². The van der Waals surface area contributed by atoms with E-state index in [0.717, 1.165) is 30.0 Å². The number of hydrogen-bond acceptors (Lipinski definition) is 5. The van der Waals surface area contributed by atoms with Crippen molar-refractivity contribution >= 4 is 10.0 Å². The highest BCUT2D eigenvalue weighted by Crippen LogP contribution is 2.45. The molecule has 2 aliphatic rings. The molecule has 0 spiro atoms. The van der Waals surface area contributed by atoms with Crippen LogP contribution in [0.5, 0.6) is 0 Å². The molecule has 2 fully saturated rings. The van der Waals surface area contributed by atoms with Crippen LogP contribution >= 0.6 is 0 Å². The van der Waals surface area contributed by atoms with Gasteiger partial charge in [-0.2, -0.15) is 4.31 Å². The lowest BCUT2D eigenvalue weighted by molar-refractivity contribution is 0.0892. The first kappa shape index (κ1) is 27.8. The second kappa shape index (κ2) is 13.2. The van der Waals surface area contributed by atoms with Crippen molar-refractivity contribution < 1.29 is 13.6 Å². The topological polar surface area (TPSA) is 86.9 Å². The summed E-state index contributed by atoms with van der Waals surface area (Å²) in [7, 11) is -3.08. The van der Waals surface area contributed by atoms with Gasteiger partial charge in [0.1, 0.15) is 0 Å². The Balaban J connectivity index is 0.000000722. The van der Waals surface area contributed by atoms with Crippen molar-refractivity contribution in [3.63, 3.8) is 0 Å². The summed E-state index contributed by atoms with van der Waals surface area (Å²) in [6.07, 6.45) is 8.20. The maximum absolute atomic E-state index is 12.1. The van der Waals surface area contributed by atoms with Crippen LogP contribution in [0.2, 0.25) is 0 Å². The largest absolute Gasteiger partial charge is 0.369 e. The standard InChI is InChI=1S/C15H26N2O2S.C7H14.H3NO/c1-5-7-13-20(18,19)17-11-9-16(10-12-17)15(8-6-2)14(3)4;1-6-4-5-7(6,2)3;1-2/h6,8H,2-3,5,7,9-13H2,1,4H3;6H,4-5H2,1-3H3;2H,1H2/b15-8+;;. The monoisotopic (exact) mass is 429 g/mol. The van der Waals surface area contributed by atoms with E-state index >= 15 is 0 Å². The van der Waals surface area contributed by atoms with Crippen molar-refractivity contribution in [1.82, 2.24) is 9.21 Å². The van der Waals surface area contributed by atoms with Gasteiger partial charge in [0.25, 0.3) is 0 Å². The molecule has 170 valence electrons. The molecule has 1 saturated carbocycles. The number of nitrogens with zero attached hydrogens (tertiary/aromatic N) is 2. The van der Waals surface area contributed by atoms with Crippen molar-refractivity contribution in [2.24, 2.45) is 17.2 Å². The van der Waals surface area contributed by atoms with Gasteiger partial charge in [-0.3, -0.25) is 0 Å². The van der Waals surface area contributed by atoms with Crippen LogP contribution in [0.15, 0.2) is 36.6 Å². The van der Waals surface area contributed by atoms with E-state index in [1.807, 2.05) is 19.9 Å². The van der Waals surface area contributed by atoms with Gasteiger partial charge in [0.05, 0.1) is 5.75 Å². The normalized spacial score (nSPS) is 21.7. The Bertz CT molecular complexity index is 634. The van der Waals surface area contributed by atoms with Crippen molar-refractivity contribution in [3.8, 4) is 0 Å². The zero-order chi connectivity index (χ0) is 22.7. The molecule has 0 radical (unpaired) electrons. The fourth-order valence-electron chi connectivity index (χ4n) is 3.30. The Morgan fingerprint density at radius 2 is 1.76 bits per heavy atom. The molecular formula is C22H43N3O3S. The first-order valence-electron chi connectivity index (χ1n) is 10.5. The van der Waals surface area contributed by atoms with E-state index in [4.69, 9.17) is 5.21 Å². The van der Waals surface area contributed by atoms with E-state index in [9.17, 15) is 8.42 Å². The summed E-state index contributed by atoms with van der Waals surface area (Å²) in [4.78, 5) is 2.18. The fourth-order valence-corrected chi connectivity index (χ4v) is 4.93. The maximum Gasteiger partial charge on any atom is 0.214 e. The van der Waals surface area contributed by atoms with Crippen LogP contribution in [0.1, 0.15) is 60.3 Å². The van der Waals surface area contributed by atoms with Crippen LogP contribution in [0, 0.1) is 11.3 Å². The van der Waals surface area contributed by atoms with E-state index in [2.05, 4.69) is 44.7 Å². The third-order valence-corrected chi connectivity index (χ3v) is 7.95. The number of hydrogen-bond donors (Lipinski definition) is 2. The lowest BCUT2D eigenvalue weighted by Gasteiger charge is -2.42. The van der Waals surface area contributed by atoms with Crippen LogP contribution in [0.25, 0.3) is 0 Å². The molecule has 1 atom stereocenters. The van der Waals surface area contributed by atoms with Crippen molar-refractivity contribution in [1.29, 1.82) is 0 Å². The van der Waals surface area contributed by atoms with E-state index in [-0.39, 0.29) is 5.75 Å². The van der Waals surface area contributed by atoms with Gasteiger partial charge in [0, 0.05) is 31.9 Å². The molecule has 0 aromatic heterocycles. The van der Waals surface area contributed by atoms with E-state index in [0.29, 0.717) is 31.6 Å². The van der Waals surface area contributed by atoms with E-state index < -0.39 is 10.0 Å². The Morgan fingerprint density at radius 3 is 2.07 bits per heavy atom. The van der Waals surface area contributed by atoms with Gasteiger partial charge in [0.2, 0.25) is 10.0 Å². The Hall–Kier alpha value is -1.15. The molecule has 6 nitrogen and oxygen atoms in total. The number of allylic oxidation sites excluding steroid dienone is 3. The molecule has 0 amide bonds. The Morgan fingerprint density at radius 1 is 1.24 bits per heavy atom. The fraction of sp³-hybridized carbons (Fsp3) is 0.727. The molecular weight excluding hydrogens is 386 g/mol. The van der Waals surface area contributed by atoms with Crippen molar-refractivity contribution in [3.05, 3.63) is 36.6 Å². The average Bonchev–Trinajstić information content (AvgIpc) is 2.71. The molecule has 1 heterocycles. The third-order valence-electron chi connectivity index (χ3n) is 6.00. The highest BCUT2D eigenvalue weighted by molar-refractivity contribution is 7.89. The van der Waals surface area contributed by atoms with Gasteiger partial charge in [-0.1, -0.05) is 53.3 Å². The first-order valence-corrected chi connectivity index (χ1v) is 12.1. The number of nitrogens with two attached hydrogens (primary N) is 1. The van der Waals surface area contributed by atoms with Crippen molar-refractivity contribution in [2.45, 2.75) is 60.3 Å².